The summed E-state index contributed by atoms with van der Waals surface area (Å²) >= 11 is 0. The lowest BCUT2D eigenvalue weighted by atomic mass is 9.66. The van der Waals surface area contributed by atoms with Gasteiger partial charge in [0.15, 0.2) is 0 Å². The van der Waals surface area contributed by atoms with Gasteiger partial charge >= 0.3 is 0 Å². The third-order valence-electron chi connectivity index (χ3n) is 10.4. The van der Waals surface area contributed by atoms with Crippen molar-refractivity contribution in [2.75, 3.05) is 54.4 Å². The molecule has 28 heavy (non-hydrogen) atoms. The number of rotatable bonds is 0. The highest BCUT2D eigenvalue weighted by atomic mass is 15.3. The molecule has 4 atom stereocenters. The Bertz CT molecular complexity index is 457. The van der Waals surface area contributed by atoms with Crippen LogP contribution in [0.15, 0.2) is 0 Å². The van der Waals surface area contributed by atoms with Crippen molar-refractivity contribution >= 4 is 0 Å². The zero-order valence-electron chi connectivity index (χ0n) is 20.3. The fourth-order valence-electron chi connectivity index (χ4n) is 6.95. The molecule has 4 nitrogen and oxygen atoms in total. The molecule has 2 saturated carbocycles. The average Bonchev–Trinajstić information content (AvgIpc) is 2.66. The molecule has 0 amide bonds. The van der Waals surface area contributed by atoms with Crippen molar-refractivity contribution in [1.82, 2.24) is 19.6 Å². The van der Waals surface area contributed by atoms with E-state index in [1.807, 2.05) is 0 Å². The Balaban J connectivity index is 0.000000161. The number of likely N-dealkylation sites (N-methyl/N-ethyl adjacent to an activating group) is 4. The lowest BCUT2D eigenvalue weighted by Crippen LogP contribution is -2.72. The fourth-order valence-corrected chi connectivity index (χ4v) is 6.95. The molecule has 0 unspecified atom stereocenters. The molecule has 0 spiro atoms. The molecule has 164 valence electrons. The van der Waals surface area contributed by atoms with Crippen molar-refractivity contribution in [3.63, 3.8) is 0 Å². The molecule has 0 bridgehead atoms. The lowest BCUT2D eigenvalue weighted by Gasteiger charge is -2.62. The number of hydrogen-bond acceptors (Lipinski definition) is 4. The van der Waals surface area contributed by atoms with E-state index >= 15 is 0 Å². The zero-order valence-corrected chi connectivity index (χ0v) is 20.3. The van der Waals surface area contributed by atoms with Gasteiger partial charge in [-0.15, -0.1) is 0 Å². The van der Waals surface area contributed by atoms with Gasteiger partial charge in [-0.2, -0.15) is 0 Å². The minimum absolute atomic E-state index is 0.401. The molecule has 0 aromatic carbocycles. The van der Waals surface area contributed by atoms with Crippen LogP contribution in [0.4, 0.5) is 0 Å². The van der Waals surface area contributed by atoms with E-state index in [4.69, 9.17) is 0 Å². The second kappa shape index (κ2) is 7.83. The van der Waals surface area contributed by atoms with E-state index in [0.717, 1.165) is 0 Å². The van der Waals surface area contributed by atoms with E-state index in [0.29, 0.717) is 22.2 Å². The number of piperazine rings is 2. The van der Waals surface area contributed by atoms with E-state index in [2.05, 4.69) is 75.5 Å². The van der Waals surface area contributed by atoms with Crippen molar-refractivity contribution < 1.29 is 0 Å². The maximum atomic E-state index is 2.59. The third kappa shape index (κ3) is 3.27. The molecule has 0 aromatic heterocycles. The van der Waals surface area contributed by atoms with E-state index in [9.17, 15) is 0 Å². The highest BCUT2D eigenvalue weighted by Crippen LogP contribution is 2.46. The molecule has 2 aliphatic heterocycles. The van der Waals surface area contributed by atoms with Crippen LogP contribution in [0.5, 0.6) is 0 Å². The van der Waals surface area contributed by atoms with Crippen LogP contribution in [0, 0.1) is 0 Å². The van der Waals surface area contributed by atoms with Gasteiger partial charge in [0, 0.05) is 48.3 Å². The highest BCUT2D eigenvalue weighted by Gasteiger charge is 2.54. The maximum Gasteiger partial charge on any atom is 0.0359 e. The van der Waals surface area contributed by atoms with Crippen molar-refractivity contribution in [3.05, 3.63) is 0 Å². The van der Waals surface area contributed by atoms with E-state index in [1.165, 1.54) is 77.5 Å². The summed E-state index contributed by atoms with van der Waals surface area (Å²) in [6.45, 7) is 14.7. The average molecular weight is 393 g/mol. The van der Waals surface area contributed by atoms with Crippen molar-refractivity contribution in [2.45, 2.75) is 101 Å². The van der Waals surface area contributed by atoms with Gasteiger partial charge in [-0.05, 0) is 81.6 Å². The summed E-state index contributed by atoms with van der Waals surface area (Å²) in [6, 6.07) is 0. The Kier molecular flexibility index (Phi) is 6.30. The smallest absolute Gasteiger partial charge is 0.0359 e. The van der Waals surface area contributed by atoms with Gasteiger partial charge in [0.2, 0.25) is 0 Å². The van der Waals surface area contributed by atoms with Crippen molar-refractivity contribution in [1.29, 1.82) is 0 Å². The molecule has 2 aliphatic carbocycles. The summed E-state index contributed by atoms with van der Waals surface area (Å²) < 4.78 is 0. The van der Waals surface area contributed by atoms with E-state index in [-0.39, 0.29) is 0 Å². The first-order valence-electron chi connectivity index (χ1n) is 11.9. The molecule has 2 saturated heterocycles. The summed E-state index contributed by atoms with van der Waals surface area (Å²) in [5, 5.41) is 0. The molecule has 2 heterocycles. The van der Waals surface area contributed by atoms with Gasteiger partial charge in [0.1, 0.15) is 0 Å². The van der Waals surface area contributed by atoms with Crippen LogP contribution in [-0.4, -0.2) is 96.1 Å². The largest absolute Gasteiger partial charge is 0.298 e. The third-order valence-corrected chi connectivity index (χ3v) is 10.4. The second-order valence-electron chi connectivity index (χ2n) is 11.2. The van der Waals surface area contributed by atoms with Crippen LogP contribution in [0.3, 0.4) is 0 Å². The van der Waals surface area contributed by atoms with Crippen LogP contribution < -0.4 is 0 Å². The number of nitrogens with zero attached hydrogens (tertiary/aromatic N) is 4. The fraction of sp³-hybridized carbons (Fsp3) is 1.00. The molecule has 4 rings (SSSR count). The zero-order chi connectivity index (χ0) is 20.8. The van der Waals surface area contributed by atoms with Crippen LogP contribution in [0.2, 0.25) is 0 Å². The minimum atomic E-state index is 0.401. The van der Waals surface area contributed by atoms with Crippen LogP contribution >= 0.6 is 0 Å². The Morgan fingerprint density at radius 2 is 0.571 bits per heavy atom. The van der Waals surface area contributed by atoms with Crippen molar-refractivity contribution in [2.24, 2.45) is 0 Å². The monoisotopic (exact) mass is 392 g/mol. The van der Waals surface area contributed by atoms with Crippen LogP contribution in [0.25, 0.3) is 0 Å². The normalized spacial score (nSPS) is 46.3. The quantitative estimate of drug-likeness (QED) is 0.619. The number of hydrogen-bond donors (Lipinski definition) is 0. The summed E-state index contributed by atoms with van der Waals surface area (Å²) in [7, 11) is 9.21. The van der Waals surface area contributed by atoms with Crippen LogP contribution in [0.1, 0.15) is 79.1 Å². The van der Waals surface area contributed by atoms with Crippen molar-refractivity contribution in [3.8, 4) is 0 Å². The standard InChI is InChI=1S/2C12H24N2/c2*1-11-7-5-6-8-12(11,2)14(4)10-9-13(11)3/h2*5-10H2,1-4H3/t2*11-,12+. The topological polar surface area (TPSA) is 13.0 Å². The summed E-state index contributed by atoms with van der Waals surface area (Å²) in [4.78, 5) is 10.4. The van der Waals surface area contributed by atoms with Gasteiger partial charge < -0.3 is 0 Å². The SMILES string of the molecule is CN1CCN(C)[C@@]2(C)CCCC[C@@]12C.CN1CCN(C)[C@@]2(C)CCCC[C@@]12C. The Hall–Kier alpha value is -0.160. The second-order valence-corrected chi connectivity index (χ2v) is 11.2. The molecular formula is C24H48N4. The van der Waals surface area contributed by atoms with Gasteiger partial charge in [-0.25, -0.2) is 0 Å². The van der Waals surface area contributed by atoms with Gasteiger partial charge in [-0.3, -0.25) is 19.6 Å². The number of fused-ring (bicyclic) bond motifs is 2. The van der Waals surface area contributed by atoms with Crippen LogP contribution in [-0.2, 0) is 0 Å². The summed E-state index contributed by atoms with van der Waals surface area (Å²) in [5.74, 6) is 0. The minimum Gasteiger partial charge on any atom is -0.298 e. The highest BCUT2D eigenvalue weighted by molar-refractivity contribution is 5.12. The Morgan fingerprint density at radius 3 is 0.750 bits per heavy atom. The van der Waals surface area contributed by atoms with Gasteiger partial charge in [0.25, 0.3) is 0 Å². The lowest BCUT2D eigenvalue weighted by molar-refractivity contribution is -0.103. The molecule has 4 aliphatic rings. The summed E-state index contributed by atoms with van der Waals surface area (Å²) in [5.41, 5.74) is 1.60. The first-order valence-corrected chi connectivity index (χ1v) is 11.9. The predicted molar refractivity (Wildman–Crippen MR) is 121 cm³/mol. The van der Waals surface area contributed by atoms with Gasteiger partial charge in [0.05, 0.1) is 0 Å². The molecule has 4 heteroatoms. The molecular weight excluding hydrogens is 344 g/mol. The first-order chi connectivity index (χ1) is 13.0. The molecule has 0 aromatic rings. The first kappa shape index (κ1) is 22.5. The maximum absolute atomic E-state index is 2.59. The Labute approximate surface area is 175 Å². The molecule has 0 N–H and O–H groups in total. The molecule has 0 radical (unpaired) electrons. The summed E-state index contributed by atoms with van der Waals surface area (Å²) in [6.07, 6.45) is 11.1. The van der Waals surface area contributed by atoms with E-state index in [1.54, 1.807) is 0 Å². The molecule has 4 fully saturated rings. The predicted octanol–water partition coefficient (Wildman–Crippen LogP) is 3.91. The van der Waals surface area contributed by atoms with E-state index < -0.39 is 0 Å². The Morgan fingerprint density at radius 1 is 0.393 bits per heavy atom. The van der Waals surface area contributed by atoms with Gasteiger partial charge in [-0.1, -0.05) is 25.7 Å².